The Morgan fingerprint density at radius 2 is 1.04 bits per heavy atom. The number of nitrogens with zero attached hydrogens (tertiary/aromatic N) is 1. The fourth-order valence-corrected chi connectivity index (χ4v) is 8.44. The van der Waals surface area contributed by atoms with Gasteiger partial charge in [0.15, 0.2) is 0 Å². The summed E-state index contributed by atoms with van der Waals surface area (Å²) >= 11 is 0. The van der Waals surface area contributed by atoms with E-state index in [1.807, 2.05) is 0 Å². The first kappa shape index (κ1) is 33.6. The first-order valence-corrected chi connectivity index (χ1v) is 19.1. The Balaban J connectivity index is 1.27. The maximum absolute atomic E-state index is 2.48. The summed E-state index contributed by atoms with van der Waals surface area (Å²) in [6, 6.07) is 67.2. The topological polar surface area (TPSA) is 3.24 Å². The van der Waals surface area contributed by atoms with Crippen LogP contribution in [-0.4, -0.2) is 0 Å². The van der Waals surface area contributed by atoms with Gasteiger partial charge in [-0.25, -0.2) is 0 Å². The molecule has 0 unspecified atom stereocenters. The van der Waals surface area contributed by atoms with Crippen LogP contribution >= 0.6 is 0 Å². The molecule has 8 aromatic rings. The van der Waals surface area contributed by atoms with Crippen molar-refractivity contribution < 1.29 is 0 Å². The normalized spacial score (nSPS) is 13.1. The van der Waals surface area contributed by atoms with Gasteiger partial charge >= 0.3 is 0 Å². The lowest BCUT2D eigenvalue weighted by molar-refractivity contribution is 0.589. The smallest absolute Gasteiger partial charge is 0.0546 e. The van der Waals surface area contributed by atoms with Gasteiger partial charge in [-0.3, -0.25) is 0 Å². The number of benzene rings is 8. The molecule has 0 bridgehead atoms. The van der Waals surface area contributed by atoms with E-state index in [-0.39, 0.29) is 10.8 Å². The van der Waals surface area contributed by atoms with E-state index >= 15 is 0 Å². The summed E-state index contributed by atoms with van der Waals surface area (Å²) in [6.45, 7) is 11.7. The average molecular weight is 696 g/mol. The molecule has 0 aliphatic heterocycles. The van der Waals surface area contributed by atoms with Gasteiger partial charge in [-0.2, -0.15) is 0 Å². The van der Waals surface area contributed by atoms with Crippen LogP contribution < -0.4 is 4.90 Å². The van der Waals surface area contributed by atoms with Crippen LogP contribution in [0.1, 0.15) is 51.3 Å². The van der Waals surface area contributed by atoms with Gasteiger partial charge in [0.2, 0.25) is 0 Å². The van der Waals surface area contributed by atoms with Gasteiger partial charge in [0.25, 0.3) is 0 Å². The Kier molecular flexibility index (Phi) is 8.12. The summed E-state index contributed by atoms with van der Waals surface area (Å²) in [6.07, 6.45) is 0. The van der Waals surface area contributed by atoms with Gasteiger partial charge in [0, 0.05) is 22.4 Å². The van der Waals surface area contributed by atoms with Crippen LogP contribution in [0, 0.1) is 0 Å². The summed E-state index contributed by atoms with van der Waals surface area (Å²) in [5, 5.41) is 2.45. The van der Waals surface area contributed by atoms with Crippen LogP contribution in [0.25, 0.3) is 55.3 Å². The Hall–Kier alpha value is -6.18. The molecule has 9 rings (SSSR count). The Bertz CT molecular complexity index is 2640. The highest BCUT2D eigenvalue weighted by atomic mass is 15.1. The summed E-state index contributed by atoms with van der Waals surface area (Å²) in [5.74, 6) is 0. The second-order valence-electron chi connectivity index (χ2n) is 16.2. The number of hydrogen-bond acceptors (Lipinski definition) is 1. The van der Waals surface area contributed by atoms with Gasteiger partial charge in [0.1, 0.15) is 0 Å². The molecule has 0 N–H and O–H groups in total. The van der Waals surface area contributed by atoms with Crippen molar-refractivity contribution in [2.24, 2.45) is 0 Å². The maximum Gasteiger partial charge on any atom is 0.0546 e. The SMILES string of the molecule is CC(C)(C)c1ccc2c(c1)-c1ccc(N(c3ccc(-c4ccccc4)cc3)c3ccc4ccccc4c3-c3cccc(-c4ccccc4)c3)cc1C2(C)C. The van der Waals surface area contributed by atoms with Crippen molar-refractivity contribution in [1.29, 1.82) is 0 Å². The van der Waals surface area contributed by atoms with Crippen LogP contribution in [0.15, 0.2) is 182 Å². The van der Waals surface area contributed by atoms with Crippen molar-refractivity contribution >= 4 is 27.8 Å². The van der Waals surface area contributed by atoms with E-state index in [0.717, 1.165) is 17.1 Å². The van der Waals surface area contributed by atoms with Gasteiger partial charge in [-0.05, 0) is 108 Å². The molecule has 0 spiro atoms. The quantitative estimate of drug-likeness (QED) is 0.167. The Morgan fingerprint density at radius 3 is 1.76 bits per heavy atom. The largest absolute Gasteiger partial charge is 0.310 e. The lowest BCUT2D eigenvalue weighted by Gasteiger charge is -2.30. The monoisotopic (exact) mass is 695 g/mol. The Morgan fingerprint density at radius 1 is 0.426 bits per heavy atom. The molecule has 1 heteroatoms. The predicted octanol–water partition coefficient (Wildman–Crippen LogP) is 14.9. The zero-order chi connectivity index (χ0) is 37.0. The minimum atomic E-state index is -0.143. The zero-order valence-electron chi connectivity index (χ0n) is 31.8. The van der Waals surface area contributed by atoms with Crippen molar-refractivity contribution in [2.75, 3.05) is 4.90 Å². The molecule has 0 saturated heterocycles. The summed E-state index contributed by atoms with van der Waals surface area (Å²) < 4.78 is 0. The highest BCUT2D eigenvalue weighted by molar-refractivity contribution is 6.06. The molecule has 0 radical (unpaired) electrons. The fraction of sp³-hybridized carbons (Fsp3) is 0.132. The first-order valence-electron chi connectivity index (χ1n) is 19.1. The molecule has 0 saturated carbocycles. The van der Waals surface area contributed by atoms with Crippen molar-refractivity contribution in [3.8, 4) is 44.5 Å². The van der Waals surface area contributed by atoms with Gasteiger partial charge < -0.3 is 4.90 Å². The molecule has 1 nitrogen and oxygen atoms in total. The molecular weight excluding hydrogens is 651 g/mol. The molecule has 0 heterocycles. The van der Waals surface area contributed by atoms with E-state index < -0.39 is 0 Å². The number of hydrogen-bond donors (Lipinski definition) is 0. The minimum Gasteiger partial charge on any atom is -0.310 e. The Labute approximate surface area is 320 Å². The zero-order valence-corrected chi connectivity index (χ0v) is 31.8. The van der Waals surface area contributed by atoms with E-state index in [2.05, 4.69) is 222 Å². The van der Waals surface area contributed by atoms with Crippen molar-refractivity contribution in [3.63, 3.8) is 0 Å². The molecule has 0 atom stereocenters. The van der Waals surface area contributed by atoms with E-state index in [1.54, 1.807) is 0 Å². The minimum absolute atomic E-state index is 0.0783. The van der Waals surface area contributed by atoms with Crippen molar-refractivity contribution in [1.82, 2.24) is 0 Å². The summed E-state index contributed by atoms with van der Waals surface area (Å²) in [4.78, 5) is 2.48. The van der Waals surface area contributed by atoms with Crippen LogP contribution in [-0.2, 0) is 10.8 Å². The molecule has 8 aromatic carbocycles. The third kappa shape index (κ3) is 5.81. The lowest BCUT2D eigenvalue weighted by atomic mass is 9.80. The second-order valence-corrected chi connectivity index (χ2v) is 16.2. The molecule has 262 valence electrons. The second kappa shape index (κ2) is 13.0. The number of fused-ring (bicyclic) bond motifs is 4. The fourth-order valence-electron chi connectivity index (χ4n) is 8.44. The predicted molar refractivity (Wildman–Crippen MR) is 231 cm³/mol. The molecule has 0 aromatic heterocycles. The highest BCUT2D eigenvalue weighted by Crippen LogP contribution is 2.52. The van der Waals surface area contributed by atoms with E-state index in [0.29, 0.717) is 0 Å². The van der Waals surface area contributed by atoms with Gasteiger partial charge in [-0.15, -0.1) is 0 Å². The van der Waals surface area contributed by atoms with Crippen molar-refractivity contribution in [3.05, 3.63) is 199 Å². The lowest BCUT2D eigenvalue weighted by Crippen LogP contribution is -2.17. The van der Waals surface area contributed by atoms with E-state index in [1.165, 1.54) is 72.0 Å². The molecule has 1 aliphatic carbocycles. The van der Waals surface area contributed by atoms with Gasteiger partial charge in [0.05, 0.1) is 5.69 Å². The van der Waals surface area contributed by atoms with Crippen LogP contribution in [0.5, 0.6) is 0 Å². The number of rotatable bonds is 6. The molecule has 54 heavy (non-hydrogen) atoms. The summed E-state index contributed by atoms with van der Waals surface area (Å²) in [7, 11) is 0. The van der Waals surface area contributed by atoms with Crippen LogP contribution in [0.3, 0.4) is 0 Å². The molecule has 0 amide bonds. The maximum atomic E-state index is 2.48. The van der Waals surface area contributed by atoms with E-state index in [9.17, 15) is 0 Å². The van der Waals surface area contributed by atoms with Crippen LogP contribution in [0.2, 0.25) is 0 Å². The van der Waals surface area contributed by atoms with E-state index in [4.69, 9.17) is 0 Å². The first-order chi connectivity index (χ1) is 26.2. The number of anilines is 3. The third-order valence-electron chi connectivity index (χ3n) is 11.4. The highest BCUT2D eigenvalue weighted by Gasteiger charge is 2.37. The van der Waals surface area contributed by atoms with Gasteiger partial charge in [-0.1, -0.05) is 180 Å². The average Bonchev–Trinajstić information content (AvgIpc) is 3.43. The molecule has 1 aliphatic rings. The molecule has 0 fully saturated rings. The summed E-state index contributed by atoms with van der Waals surface area (Å²) in [5.41, 5.74) is 17.4. The van der Waals surface area contributed by atoms with Crippen LogP contribution in [0.4, 0.5) is 17.1 Å². The standard InChI is InChI=1S/C53H45N/c1-52(2,3)42-26-31-48-47(34-42)46-30-29-44(35-49(46)53(48,4)5)54(43-27-23-38(24-28-43)36-15-8-6-9-16-36)50-32-25-39-19-12-13-22-45(39)51(50)41-21-14-20-40(33-41)37-17-10-7-11-18-37/h6-35H,1-5H3. The molecular formula is C53H45N. The van der Waals surface area contributed by atoms with Crippen molar-refractivity contribution in [2.45, 2.75) is 45.4 Å². The third-order valence-corrected chi connectivity index (χ3v) is 11.4.